The molecular weight excluding hydrogens is 208 g/mol. The summed E-state index contributed by atoms with van der Waals surface area (Å²) in [5, 5.41) is 19.8. The number of carbonyl (C=O) groups is 1. The molecule has 0 fully saturated rings. The van der Waals surface area contributed by atoms with Gasteiger partial charge in [-0.3, -0.25) is 0 Å². The number of phenolic OH excluding ortho intramolecular Hbond substituents is 1. The van der Waals surface area contributed by atoms with Gasteiger partial charge in [0.2, 0.25) is 0 Å². The maximum absolute atomic E-state index is 10.3. The number of ether oxygens (including phenoxy) is 1. The third-order valence-corrected chi connectivity index (χ3v) is 2.18. The molecule has 82 valence electrons. The van der Waals surface area contributed by atoms with Gasteiger partial charge in [0.1, 0.15) is 0 Å². The Morgan fingerprint density at radius 3 is 2.44 bits per heavy atom. The number of carboxylic acid groups (broad SMARTS) is 1. The monoisotopic (exact) mass is 218 g/mol. The minimum Gasteiger partial charge on any atom is -0.504 e. The largest absolute Gasteiger partial charge is 0.504 e. The standard InChI is InChI=1S/C12H10O4/c13-10-5-8-3-1-2-4-9(8)6-11(10)16-7-12(14)15/h1-6,13H,7H2,(H,14,15). The third kappa shape index (κ3) is 2.06. The van der Waals surface area contributed by atoms with Gasteiger partial charge in [-0.2, -0.15) is 0 Å². The van der Waals surface area contributed by atoms with E-state index in [-0.39, 0.29) is 11.5 Å². The molecule has 0 bridgehead atoms. The topological polar surface area (TPSA) is 66.8 Å². The second kappa shape index (κ2) is 4.10. The number of hydrogen-bond donors (Lipinski definition) is 2. The molecule has 2 aromatic rings. The number of fused-ring (bicyclic) bond motifs is 1. The summed E-state index contributed by atoms with van der Waals surface area (Å²) >= 11 is 0. The Hall–Kier alpha value is -2.23. The van der Waals surface area contributed by atoms with Crippen molar-refractivity contribution in [2.75, 3.05) is 6.61 Å². The van der Waals surface area contributed by atoms with E-state index in [0.717, 1.165) is 10.8 Å². The molecule has 0 unspecified atom stereocenters. The first-order valence-electron chi connectivity index (χ1n) is 4.73. The van der Waals surface area contributed by atoms with Crippen LogP contribution < -0.4 is 4.74 Å². The van der Waals surface area contributed by atoms with E-state index >= 15 is 0 Å². The molecule has 0 atom stereocenters. The van der Waals surface area contributed by atoms with E-state index in [9.17, 15) is 9.90 Å². The lowest BCUT2D eigenvalue weighted by molar-refractivity contribution is -0.139. The fourth-order valence-corrected chi connectivity index (χ4v) is 1.46. The highest BCUT2D eigenvalue weighted by molar-refractivity contribution is 5.86. The van der Waals surface area contributed by atoms with Gasteiger partial charge in [-0.1, -0.05) is 24.3 Å². The highest BCUT2D eigenvalue weighted by Crippen LogP contribution is 2.31. The van der Waals surface area contributed by atoms with Crippen LogP contribution in [0.1, 0.15) is 0 Å². The second-order valence-electron chi connectivity index (χ2n) is 3.35. The SMILES string of the molecule is O=C(O)COc1cc2ccccc2cc1O. The van der Waals surface area contributed by atoms with Crippen molar-refractivity contribution < 1.29 is 19.7 Å². The van der Waals surface area contributed by atoms with Crippen LogP contribution in [-0.4, -0.2) is 22.8 Å². The molecule has 0 radical (unpaired) electrons. The molecule has 0 saturated heterocycles. The summed E-state index contributed by atoms with van der Waals surface area (Å²) < 4.78 is 4.96. The number of carboxylic acids is 1. The average Bonchev–Trinajstić information content (AvgIpc) is 2.26. The summed E-state index contributed by atoms with van der Waals surface area (Å²) in [4.78, 5) is 10.3. The molecule has 0 amide bonds. The smallest absolute Gasteiger partial charge is 0.341 e. The summed E-state index contributed by atoms with van der Waals surface area (Å²) in [6, 6.07) is 10.6. The Morgan fingerprint density at radius 2 is 1.81 bits per heavy atom. The molecule has 0 spiro atoms. The van der Waals surface area contributed by atoms with Crippen molar-refractivity contribution in [3.05, 3.63) is 36.4 Å². The molecular formula is C12H10O4. The Bertz CT molecular complexity index is 534. The summed E-state index contributed by atoms with van der Waals surface area (Å²) in [7, 11) is 0. The first-order chi connectivity index (χ1) is 7.66. The van der Waals surface area contributed by atoms with E-state index < -0.39 is 12.6 Å². The first kappa shape index (κ1) is 10.3. The van der Waals surface area contributed by atoms with E-state index in [0.29, 0.717) is 0 Å². The zero-order chi connectivity index (χ0) is 11.5. The zero-order valence-electron chi connectivity index (χ0n) is 8.38. The van der Waals surface area contributed by atoms with Gasteiger partial charge in [-0.25, -0.2) is 4.79 Å². The van der Waals surface area contributed by atoms with Crippen molar-refractivity contribution in [3.63, 3.8) is 0 Å². The molecule has 16 heavy (non-hydrogen) atoms. The lowest BCUT2D eigenvalue weighted by atomic mass is 10.1. The number of aliphatic carboxylic acids is 1. The molecule has 2 N–H and O–H groups in total. The number of hydrogen-bond acceptors (Lipinski definition) is 3. The van der Waals surface area contributed by atoms with Gasteiger partial charge < -0.3 is 14.9 Å². The summed E-state index contributed by atoms with van der Waals surface area (Å²) in [6.45, 7) is -0.466. The molecule has 0 aromatic heterocycles. The summed E-state index contributed by atoms with van der Waals surface area (Å²) in [6.07, 6.45) is 0. The maximum Gasteiger partial charge on any atom is 0.341 e. The molecule has 4 heteroatoms. The van der Waals surface area contributed by atoms with Crippen LogP contribution in [0.15, 0.2) is 36.4 Å². The van der Waals surface area contributed by atoms with E-state index in [1.165, 1.54) is 0 Å². The molecule has 2 rings (SSSR count). The molecule has 4 nitrogen and oxygen atoms in total. The normalized spacial score (nSPS) is 10.2. The van der Waals surface area contributed by atoms with Crippen molar-refractivity contribution in [3.8, 4) is 11.5 Å². The number of rotatable bonds is 3. The molecule has 0 aliphatic rings. The van der Waals surface area contributed by atoms with Gasteiger partial charge in [0.05, 0.1) is 0 Å². The van der Waals surface area contributed by atoms with Crippen LogP contribution in [0.3, 0.4) is 0 Å². The minimum atomic E-state index is -1.08. The van der Waals surface area contributed by atoms with Gasteiger partial charge in [0.15, 0.2) is 18.1 Å². The quantitative estimate of drug-likeness (QED) is 0.826. The van der Waals surface area contributed by atoms with Crippen LogP contribution in [0.2, 0.25) is 0 Å². The van der Waals surface area contributed by atoms with Crippen molar-refractivity contribution in [2.45, 2.75) is 0 Å². The van der Waals surface area contributed by atoms with Crippen molar-refractivity contribution in [2.24, 2.45) is 0 Å². The minimum absolute atomic E-state index is 0.0556. The van der Waals surface area contributed by atoms with Crippen LogP contribution in [0.25, 0.3) is 10.8 Å². The van der Waals surface area contributed by atoms with Crippen LogP contribution in [0.5, 0.6) is 11.5 Å². The summed E-state index contributed by atoms with van der Waals surface area (Å²) in [5.41, 5.74) is 0. The highest BCUT2D eigenvalue weighted by Gasteiger charge is 2.06. The Kier molecular flexibility index (Phi) is 2.64. The lowest BCUT2D eigenvalue weighted by Crippen LogP contribution is -2.09. The van der Waals surface area contributed by atoms with E-state index in [2.05, 4.69) is 0 Å². The first-order valence-corrected chi connectivity index (χ1v) is 4.73. The van der Waals surface area contributed by atoms with Gasteiger partial charge in [0, 0.05) is 0 Å². The van der Waals surface area contributed by atoms with Crippen molar-refractivity contribution in [1.29, 1.82) is 0 Å². The predicted molar refractivity (Wildman–Crippen MR) is 58.7 cm³/mol. The Labute approximate surface area is 91.7 Å². The Morgan fingerprint density at radius 1 is 1.19 bits per heavy atom. The number of aromatic hydroxyl groups is 1. The lowest BCUT2D eigenvalue weighted by Gasteiger charge is -2.07. The zero-order valence-corrected chi connectivity index (χ0v) is 8.38. The molecule has 0 heterocycles. The molecule has 0 saturated carbocycles. The third-order valence-electron chi connectivity index (χ3n) is 2.18. The van der Waals surface area contributed by atoms with E-state index in [1.807, 2.05) is 24.3 Å². The molecule has 2 aromatic carbocycles. The van der Waals surface area contributed by atoms with Gasteiger partial charge in [-0.15, -0.1) is 0 Å². The van der Waals surface area contributed by atoms with Gasteiger partial charge >= 0.3 is 5.97 Å². The van der Waals surface area contributed by atoms with Crippen LogP contribution in [0.4, 0.5) is 0 Å². The predicted octanol–water partition coefficient (Wildman–Crippen LogP) is 2.01. The summed E-state index contributed by atoms with van der Waals surface area (Å²) in [5.74, 6) is -0.950. The fraction of sp³-hybridized carbons (Fsp3) is 0.0833. The maximum atomic E-state index is 10.3. The van der Waals surface area contributed by atoms with Crippen LogP contribution in [-0.2, 0) is 4.79 Å². The van der Waals surface area contributed by atoms with E-state index in [1.54, 1.807) is 12.1 Å². The van der Waals surface area contributed by atoms with Crippen molar-refractivity contribution >= 4 is 16.7 Å². The second-order valence-corrected chi connectivity index (χ2v) is 3.35. The highest BCUT2D eigenvalue weighted by atomic mass is 16.5. The van der Waals surface area contributed by atoms with Crippen LogP contribution >= 0.6 is 0 Å². The van der Waals surface area contributed by atoms with Crippen LogP contribution in [0, 0.1) is 0 Å². The van der Waals surface area contributed by atoms with Gasteiger partial charge in [-0.05, 0) is 22.9 Å². The molecule has 0 aliphatic carbocycles. The molecule has 0 aliphatic heterocycles. The van der Waals surface area contributed by atoms with E-state index in [4.69, 9.17) is 9.84 Å². The number of benzene rings is 2. The fourth-order valence-electron chi connectivity index (χ4n) is 1.46. The number of phenols is 1. The van der Waals surface area contributed by atoms with Gasteiger partial charge in [0.25, 0.3) is 0 Å². The Balaban J connectivity index is 2.38. The van der Waals surface area contributed by atoms with Crippen molar-refractivity contribution in [1.82, 2.24) is 0 Å². The average molecular weight is 218 g/mol.